The minimum Gasteiger partial charge on any atom is -0.493 e. The monoisotopic (exact) mass is 406 g/mol. The highest BCUT2D eigenvalue weighted by atomic mass is 35.5. The van der Waals surface area contributed by atoms with Crippen LogP contribution in [0.3, 0.4) is 0 Å². The number of carboxylic acids is 1. The first-order valence-corrected chi connectivity index (χ1v) is 9.83. The molecule has 2 rings (SSSR count). The normalized spacial score (nSPS) is 17.4. The van der Waals surface area contributed by atoms with Crippen LogP contribution < -0.4 is 4.74 Å². The number of hydrogen-bond donors (Lipinski definition) is 3. The molecule has 0 radical (unpaired) electrons. The van der Waals surface area contributed by atoms with Crippen molar-refractivity contribution in [2.45, 2.75) is 44.3 Å². The number of halogens is 1. The SMILES string of the molecule is O=C(O)C(O)(O)CCC=CCC1=CCC[C@@H]1C=CCCOc1cccc(Cl)c1. The van der Waals surface area contributed by atoms with Crippen LogP contribution in [0.4, 0.5) is 0 Å². The number of rotatable bonds is 11. The smallest absolute Gasteiger partial charge is 0.364 e. The number of benzene rings is 1. The fourth-order valence-corrected chi connectivity index (χ4v) is 3.21. The average molecular weight is 407 g/mol. The topological polar surface area (TPSA) is 87.0 Å². The zero-order valence-electron chi connectivity index (χ0n) is 15.8. The second kappa shape index (κ2) is 11.1. The summed E-state index contributed by atoms with van der Waals surface area (Å²) in [6, 6.07) is 7.35. The number of aliphatic carboxylic acids is 1. The lowest BCUT2D eigenvalue weighted by Crippen LogP contribution is -2.37. The van der Waals surface area contributed by atoms with Gasteiger partial charge in [-0.3, -0.25) is 0 Å². The molecule has 0 bridgehead atoms. The molecule has 0 amide bonds. The van der Waals surface area contributed by atoms with Gasteiger partial charge in [-0.25, -0.2) is 4.79 Å². The summed E-state index contributed by atoms with van der Waals surface area (Å²) in [5.74, 6) is -3.10. The van der Waals surface area contributed by atoms with Crippen molar-refractivity contribution in [3.05, 3.63) is 65.2 Å². The molecule has 0 saturated heterocycles. The van der Waals surface area contributed by atoms with Gasteiger partial charge >= 0.3 is 5.97 Å². The van der Waals surface area contributed by atoms with E-state index >= 15 is 0 Å². The molecule has 0 heterocycles. The highest BCUT2D eigenvalue weighted by molar-refractivity contribution is 6.30. The summed E-state index contributed by atoms with van der Waals surface area (Å²) >= 11 is 5.93. The molecule has 152 valence electrons. The van der Waals surface area contributed by atoms with Crippen molar-refractivity contribution in [1.29, 1.82) is 0 Å². The van der Waals surface area contributed by atoms with Crippen molar-refractivity contribution in [3.8, 4) is 5.75 Å². The van der Waals surface area contributed by atoms with Crippen molar-refractivity contribution in [1.82, 2.24) is 0 Å². The summed E-state index contributed by atoms with van der Waals surface area (Å²) in [5, 5.41) is 27.8. The van der Waals surface area contributed by atoms with E-state index in [0.717, 1.165) is 31.4 Å². The lowest BCUT2D eigenvalue weighted by molar-refractivity contribution is -0.205. The molecule has 3 N–H and O–H groups in total. The van der Waals surface area contributed by atoms with Gasteiger partial charge in [-0.05, 0) is 56.2 Å². The number of hydrogen-bond acceptors (Lipinski definition) is 4. The van der Waals surface area contributed by atoms with Crippen LogP contribution in [0.15, 0.2) is 60.2 Å². The Morgan fingerprint density at radius 3 is 2.82 bits per heavy atom. The van der Waals surface area contributed by atoms with Gasteiger partial charge in [0.05, 0.1) is 6.61 Å². The highest BCUT2D eigenvalue weighted by Gasteiger charge is 2.31. The van der Waals surface area contributed by atoms with Crippen LogP contribution in [-0.2, 0) is 4.79 Å². The Bertz CT molecular complexity index is 736. The van der Waals surface area contributed by atoms with Gasteiger partial charge in [-0.2, -0.15) is 0 Å². The molecule has 0 spiro atoms. The number of ether oxygens (including phenoxy) is 1. The van der Waals surface area contributed by atoms with Crippen LogP contribution in [-0.4, -0.2) is 33.7 Å². The summed E-state index contributed by atoms with van der Waals surface area (Å²) in [4.78, 5) is 10.6. The maximum atomic E-state index is 10.6. The molecule has 1 aliphatic rings. The lowest BCUT2D eigenvalue weighted by atomic mass is 9.97. The summed E-state index contributed by atoms with van der Waals surface area (Å²) in [6.07, 6.45) is 14.1. The fourth-order valence-electron chi connectivity index (χ4n) is 3.03. The van der Waals surface area contributed by atoms with Crippen LogP contribution in [0.2, 0.25) is 5.02 Å². The molecule has 0 unspecified atom stereocenters. The van der Waals surface area contributed by atoms with Gasteiger partial charge in [0.2, 0.25) is 0 Å². The molecular weight excluding hydrogens is 380 g/mol. The van der Waals surface area contributed by atoms with Crippen molar-refractivity contribution in [2.24, 2.45) is 5.92 Å². The first-order chi connectivity index (χ1) is 13.4. The van der Waals surface area contributed by atoms with E-state index in [4.69, 9.17) is 21.4 Å². The van der Waals surface area contributed by atoms with Crippen LogP contribution in [0.25, 0.3) is 0 Å². The summed E-state index contributed by atoms with van der Waals surface area (Å²) in [7, 11) is 0. The molecule has 5 nitrogen and oxygen atoms in total. The van der Waals surface area contributed by atoms with Gasteiger partial charge in [0, 0.05) is 11.4 Å². The molecule has 1 atom stereocenters. The standard InChI is InChI=1S/C22H27ClO5/c23-19-12-7-13-20(16-19)28-15-5-3-9-18-11-6-10-17(18)8-2-1-4-14-22(26,27)21(24)25/h1-3,7,9-10,12-13,16,18,26-27H,4-6,8,11,14-15H2,(H,24,25)/t18-/m0/s1. The number of aliphatic hydroxyl groups is 2. The molecule has 1 aliphatic carbocycles. The van der Waals surface area contributed by atoms with Crippen molar-refractivity contribution in [2.75, 3.05) is 6.61 Å². The molecule has 1 aromatic rings. The third kappa shape index (κ3) is 7.50. The second-order valence-electron chi connectivity index (χ2n) is 6.82. The zero-order valence-corrected chi connectivity index (χ0v) is 16.5. The number of allylic oxidation sites excluding steroid dienone is 5. The number of carboxylic acid groups (broad SMARTS) is 1. The van der Waals surface area contributed by atoms with Gasteiger partial charge in [-0.1, -0.05) is 53.6 Å². The van der Waals surface area contributed by atoms with Crippen molar-refractivity contribution < 1.29 is 24.9 Å². The Balaban J connectivity index is 1.68. The molecule has 0 saturated carbocycles. The Hall–Kier alpha value is -2.08. The first kappa shape index (κ1) is 22.2. The van der Waals surface area contributed by atoms with E-state index in [-0.39, 0.29) is 6.42 Å². The third-order valence-corrected chi connectivity index (χ3v) is 4.84. The van der Waals surface area contributed by atoms with E-state index in [9.17, 15) is 15.0 Å². The lowest BCUT2D eigenvalue weighted by Gasteiger charge is -2.14. The molecule has 28 heavy (non-hydrogen) atoms. The summed E-state index contributed by atoms with van der Waals surface area (Å²) < 4.78 is 5.67. The third-order valence-electron chi connectivity index (χ3n) is 4.60. The first-order valence-electron chi connectivity index (χ1n) is 9.45. The van der Waals surface area contributed by atoms with Gasteiger partial charge in [0.1, 0.15) is 5.75 Å². The Morgan fingerprint density at radius 2 is 2.07 bits per heavy atom. The predicted molar refractivity (Wildman–Crippen MR) is 109 cm³/mol. The second-order valence-corrected chi connectivity index (χ2v) is 7.26. The average Bonchev–Trinajstić information content (AvgIpc) is 3.08. The maximum absolute atomic E-state index is 10.6. The van der Waals surface area contributed by atoms with Crippen LogP contribution in [0.1, 0.15) is 38.5 Å². The largest absolute Gasteiger partial charge is 0.493 e. The molecule has 0 aromatic heterocycles. The molecule has 0 fully saturated rings. The van der Waals surface area contributed by atoms with Crippen molar-refractivity contribution >= 4 is 17.6 Å². The quantitative estimate of drug-likeness (QED) is 0.286. The van der Waals surface area contributed by atoms with Crippen LogP contribution in [0, 0.1) is 5.92 Å². The van der Waals surface area contributed by atoms with Gasteiger partial charge < -0.3 is 20.1 Å². The van der Waals surface area contributed by atoms with E-state index < -0.39 is 11.8 Å². The van der Waals surface area contributed by atoms with E-state index in [1.807, 2.05) is 24.3 Å². The van der Waals surface area contributed by atoms with Gasteiger partial charge in [0.15, 0.2) is 0 Å². The van der Waals surface area contributed by atoms with Gasteiger partial charge in [-0.15, -0.1) is 0 Å². The predicted octanol–water partition coefficient (Wildman–Crippen LogP) is 4.49. The zero-order chi connectivity index (χ0) is 20.4. The molecular formula is C22H27ClO5. The Kier molecular flexibility index (Phi) is 8.77. The van der Waals surface area contributed by atoms with E-state index in [0.29, 0.717) is 24.0 Å². The van der Waals surface area contributed by atoms with Crippen LogP contribution >= 0.6 is 11.6 Å². The summed E-state index contributed by atoms with van der Waals surface area (Å²) in [6.45, 7) is 0.593. The minimum absolute atomic E-state index is 0.228. The number of carbonyl (C=O) groups is 1. The van der Waals surface area contributed by atoms with E-state index in [1.54, 1.807) is 12.1 Å². The van der Waals surface area contributed by atoms with Gasteiger partial charge in [0.25, 0.3) is 5.79 Å². The highest BCUT2D eigenvalue weighted by Crippen LogP contribution is 2.30. The molecule has 6 heteroatoms. The summed E-state index contributed by atoms with van der Waals surface area (Å²) in [5.41, 5.74) is 1.33. The van der Waals surface area contributed by atoms with Crippen LogP contribution in [0.5, 0.6) is 5.75 Å². The minimum atomic E-state index is -2.66. The Labute approximate surface area is 170 Å². The molecule has 1 aromatic carbocycles. The van der Waals surface area contributed by atoms with E-state index in [2.05, 4.69) is 18.2 Å². The van der Waals surface area contributed by atoms with E-state index in [1.165, 1.54) is 5.57 Å². The fraction of sp³-hybridized carbons (Fsp3) is 0.409. The molecule has 0 aliphatic heterocycles. The Morgan fingerprint density at radius 1 is 1.25 bits per heavy atom. The van der Waals surface area contributed by atoms with Crippen molar-refractivity contribution in [3.63, 3.8) is 0 Å². The maximum Gasteiger partial charge on any atom is 0.364 e.